The SMILES string of the molecule is Cn1c(SCC(=O)Nc2cc(F)cc(F)c2)nnc1-c1ccccc1. The summed E-state index contributed by atoms with van der Waals surface area (Å²) < 4.78 is 28.0. The molecule has 0 aliphatic rings. The fourth-order valence-electron chi connectivity index (χ4n) is 2.23. The summed E-state index contributed by atoms with van der Waals surface area (Å²) in [5.41, 5.74) is 0.995. The standard InChI is InChI=1S/C17H14F2N4OS/c1-23-16(11-5-3-2-4-6-11)21-22-17(23)25-10-15(24)20-14-8-12(18)7-13(19)9-14/h2-9H,10H2,1H3,(H,20,24). The van der Waals surface area contributed by atoms with Crippen LogP contribution in [0.15, 0.2) is 53.7 Å². The van der Waals surface area contributed by atoms with Crippen LogP contribution >= 0.6 is 11.8 Å². The minimum absolute atomic E-state index is 0.0406. The number of anilines is 1. The molecule has 0 saturated heterocycles. The zero-order valence-corrected chi connectivity index (χ0v) is 14.1. The molecule has 0 aliphatic heterocycles. The Kier molecular flexibility index (Phi) is 5.08. The van der Waals surface area contributed by atoms with Gasteiger partial charge in [-0.05, 0) is 12.1 Å². The van der Waals surface area contributed by atoms with E-state index >= 15 is 0 Å². The van der Waals surface area contributed by atoms with E-state index in [1.165, 1.54) is 11.8 Å². The molecule has 25 heavy (non-hydrogen) atoms. The van der Waals surface area contributed by atoms with Crippen molar-refractivity contribution in [3.63, 3.8) is 0 Å². The first-order valence-corrected chi connectivity index (χ1v) is 8.35. The number of hydrogen-bond acceptors (Lipinski definition) is 4. The van der Waals surface area contributed by atoms with Crippen LogP contribution in [0.2, 0.25) is 0 Å². The lowest BCUT2D eigenvalue weighted by Gasteiger charge is -2.06. The Balaban J connectivity index is 1.64. The summed E-state index contributed by atoms with van der Waals surface area (Å²) >= 11 is 1.19. The van der Waals surface area contributed by atoms with Crippen LogP contribution in [0.3, 0.4) is 0 Å². The molecule has 3 aromatic rings. The van der Waals surface area contributed by atoms with Gasteiger partial charge in [-0.1, -0.05) is 42.1 Å². The molecule has 8 heteroatoms. The highest BCUT2D eigenvalue weighted by molar-refractivity contribution is 7.99. The second-order valence-corrected chi connectivity index (χ2v) is 6.17. The minimum atomic E-state index is -0.747. The van der Waals surface area contributed by atoms with E-state index in [1.807, 2.05) is 37.4 Å². The van der Waals surface area contributed by atoms with Gasteiger partial charge in [0.05, 0.1) is 5.75 Å². The molecule has 0 saturated carbocycles. The Hall–Kier alpha value is -2.74. The number of hydrogen-bond donors (Lipinski definition) is 1. The van der Waals surface area contributed by atoms with Gasteiger partial charge < -0.3 is 9.88 Å². The molecule has 0 atom stereocenters. The number of carbonyl (C=O) groups excluding carboxylic acids is 1. The van der Waals surface area contributed by atoms with E-state index in [2.05, 4.69) is 15.5 Å². The maximum absolute atomic E-state index is 13.1. The Bertz CT molecular complexity index is 879. The smallest absolute Gasteiger partial charge is 0.234 e. The molecule has 0 unspecified atom stereocenters. The molecule has 0 aliphatic carbocycles. The van der Waals surface area contributed by atoms with Crippen molar-refractivity contribution in [2.24, 2.45) is 7.05 Å². The maximum atomic E-state index is 13.1. The molecule has 1 aromatic heterocycles. The Morgan fingerprint density at radius 2 is 1.80 bits per heavy atom. The first-order chi connectivity index (χ1) is 12.0. The molecule has 0 fully saturated rings. The van der Waals surface area contributed by atoms with Crippen molar-refractivity contribution in [1.29, 1.82) is 0 Å². The van der Waals surface area contributed by atoms with Gasteiger partial charge in [-0.3, -0.25) is 4.79 Å². The van der Waals surface area contributed by atoms with Crippen LogP contribution in [-0.2, 0) is 11.8 Å². The predicted molar refractivity (Wildman–Crippen MR) is 92.2 cm³/mol. The van der Waals surface area contributed by atoms with Crippen LogP contribution in [0.5, 0.6) is 0 Å². The summed E-state index contributed by atoms with van der Waals surface area (Å²) in [5, 5.41) is 11.2. The Morgan fingerprint density at radius 1 is 1.12 bits per heavy atom. The zero-order chi connectivity index (χ0) is 17.8. The van der Waals surface area contributed by atoms with Crippen molar-refractivity contribution in [2.75, 3.05) is 11.1 Å². The summed E-state index contributed by atoms with van der Waals surface area (Å²) in [6.45, 7) is 0. The van der Waals surface area contributed by atoms with E-state index < -0.39 is 11.6 Å². The van der Waals surface area contributed by atoms with E-state index in [0.717, 1.165) is 23.8 Å². The van der Waals surface area contributed by atoms with Crippen molar-refractivity contribution in [3.8, 4) is 11.4 Å². The average molecular weight is 360 g/mol. The summed E-state index contributed by atoms with van der Waals surface area (Å²) in [6.07, 6.45) is 0. The van der Waals surface area contributed by atoms with Crippen LogP contribution < -0.4 is 5.32 Å². The molecule has 3 rings (SSSR count). The van der Waals surface area contributed by atoms with Crippen LogP contribution in [0.25, 0.3) is 11.4 Å². The van der Waals surface area contributed by atoms with Crippen molar-refractivity contribution < 1.29 is 13.6 Å². The molecular formula is C17H14F2N4OS. The van der Waals surface area contributed by atoms with Crippen molar-refractivity contribution in [1.82, 2.24) is 14.8 Å². The number of halogens is 2. The molecule has 0 radical (unpaired) electrons. The Labute approximate surface area is 147 Å². The largest absolute Gasteiger partial charge is 0.325 e. The molecule has 128 valence electrons. The van der Waals surface area contributed by atoms with E-state index in [4.69, 9.17) is 0 Å². The van der Waals surface area contributed by atoms with Gasteiger partial charge in [0, 0.05) is 24.4 Å². The summed E-state index contributed by atoms with van der Waals surface area (Å²) in [6, 6.07) is 12.4. The second-order valence-electron chi connectivity index (χ2n) is 5.23. The molecule has 1 amide bonds. The minimum Gasteiger partial charge on any atom is -0.325 e. The van der Waals surface area contributed by atoms with Gasteiger partial charge in [0.15, 0.2) is 11.0 Å². The quantitative estimate of drug-likeness (QED) is 0.708. The third-order valence-electron chi connectivity index (χ3n) is 3.35. The van der Waals surface area contributed by atoms with Gasteiger partial charge in [0.2, 0.25) is 5.91 Å². The van der Waals surface area contributed by atoms with Crippen LogP contribution in [-0.4, -0.2) is 26.4 Å². The number of nitrogens with one attached hydrogen (secondary N) is 1. The number of aromatic nitrogens is 3. The monoisotopic (exact) mass is 360 g/mol. The lowest BCUT2D eigenvalue weighted by molar-refractivity contribution is -0.113. The number of amides is 1. The van der Waals surface area contributed by atoms with Crippen LogP contribution in [0.4, 0.5) is 14.5 Å². The number of carbonyl (C=O) groups is 1. The van der Waals surface area contributed by atoms with E-state index in [9.17, 15) is 13.6 Å². The van der Waals surface area contributed by atoms with Crippen molar-refractivity contribution in [3.05, 3.63) is 60.2 Å². The first-order valence-electron chi connectivity index (χ1n) is 7.36. The predicted octanol–water partition coefficient (Wildman–Crippen LogP) is 3.49. The third-order valence-corrected chi connectivity index (χ3v) is 4.37. The molecule has 0 bridgehead atoms. The van der Waals surface area contributed by atoms with Gasteiger partial charge in [0.25, 0.3) is 0 Å². The zero-order valence-electron chi connectivity index (χ0n) is 13.2. The molecule has 5 nitrogen and oxygen atoms in total. The second kappa shape index (κ2) is 7.43. The highest BCUT2D eigenvalue weighted by atomic mass is 32.2. The summed E-state index contributed by atoms with van der Waals surface area (Å²) in [7, 11) is 1.81. The number of nitrogens with zero attached hydrogens (tertiary/aromatic N) is 3. The summed E-state index contributed by atoms with van der Waals surface area (Å²) in [4.78, 5) is 12.0. The van der Waals surface area contributed by atoms with E-state index in [-0.39, 0.29) is 17.3 Å². The van der Waals surface area contributed by atoms with E-state index in [0.29, 0.717) is 11.0 Å². The van der Waals surface area contributed by atoms with E-state index in [1.54, 1.807) is 4.57 Å². The number of rotatable bonds is 5. The fourth-order valence-corrected chi connectivity index (χ4v) is 2.94. The first kappa shape index (κ1) is 17.1. The van der Waals surface area contributed by atoms with Crippen LogP contribution in [0.1, 0.15) is 0 Å². The molecule has 1 N–H and O–H groups in total. The maximum Gasteiger partial charge on any atom is 0.234 e. The fraction of sp³-hybridized carbons (Fsp3) is 0.118. The molecular weight excluding hydrogens is 346 g/mol. The van der Waals surface area contributed by atoms with Crippen LogP contribution in [0, 0.1) is 11.6 Å². The lowest BCUT2D eigenvalue weighted by Crippen LogP contribution is -2.14. The topological polar surface area (TPSA) is 59.8 Å². The normalized spacial score (nSPS) is 10.7. The number of thioether (sulfide) groups is 1. The highest BCUT2D eigenvalue weighted by Crippen LogP contribution is 2.22. The molecule has 0 spiro atoms. The third kappa shape index (κ3) is 4.21. The highest BCUT2D eigenvalue weighted by Gasteiger charge is 2.13. The van der Waals surface area contributed by atoms with Gasteiger partial charge in [-0.25, -0.2) is 8.78 Å². The van der Waals surface area contributed by atoms with Gasteiger partial charge in [-0.15, -0.1) is 10.2 Å². The van der Waals surface area contributed by atoms with Crippen molar-refractivity contribution in [2.45, 2.75) is 5.16 Å². The lowest BCUT2D eigenvalue weighted by atomic mass is 10.2. The Morgan fingerprint density at radius 3 is 2.48 bits per heavy atom. The molecule has 1 heterocycles. The number of benzene rings is 2. The molecule has 2 aromatic carbocycles. The van der Waals surface area contributed by atoms with Gasteiger partial charge in [-0.2, -0.15) is 0 Å². The van der Waals surface area contributed by atoms with Crippen molar-refractivity contribution >= 4 is 23.4 Å². The summed E-state index contributed by atoms with van der Waals surface area (Å²) in [5.74, 6) is -1.15. The van der Waals surface area contributed by atoms with Gasteiger partial charge in [0.1, 0.15) is 11.6 Å². The van der Waals surface area contributed by atoms with Gasteiger partial charge >= 0.3 is 0 Å². The average Bonchev–Trinajstić information content (AvgIpc) is 2.93.